The van der Waals surface area contributed by atoms with E-state index < -0.39 is 50.1 Å². The van der Waals surface area contributed by atoms with Crippen LogP contribution in [0.3, 0.4) is 0 Å². The van der Waals surface area contributed by atoms with E-state index in [-0.39, 0.29) is 29.6 Å². The molecule has 7 N–H and O–H groups in total. The summed E-state index contributed by atoms with van der Waals surface area (Å²) in [6.45, 7) is 0.261. The number of benzene rings is 4. The van der Waals surface area contributed by atoms with Crippen LogP contribution in [0.1, 0.15) is 15.9 Å². The predicted octanol–water partition coefficient (Wildman–Crippen LogP) is 6.25. The van der Waals surface area contributed by atoms with E-state index in [1.54, 1.807) is 65.6 Å². The number of aromatic carboxylic acids is 1. The summed E-state index contributed by atoms with van der Waals surface area (Å²) < 4.78 is 54.0. The molecule has 292 valence electrons. The number of carboxylic acids is 1. The molecule has 0 saturated heterocycles. The number of aromatic hydroxyl groups is 1. The summed E-state index contributed by atoms with van der Waals surface area (Å²) in [5, 5.41) is 57.0. The van der Waals surface area contributed by atoms with Crippen LogP contribution in [0, 0.1) is 6.08 Å². The topological polar surface area (TPSA) is 274 Å². The molecular weight excluding hydrogens is 798 g/mol. The van der Waals surface area contributed by atoms with Crippen molar-refractivity contribution >= 4 is 80.4 Å². The van der Waals surface area contributed by atoms with Crippen LogP contribution in [0.2, 0.25) is 0 Å². The van der Waals surface area contributed by atoms with Crippen LogP contribution in [-0.2, 0) is 19.5 Å². The number of phenolic OH excluding ortho intramolecular Hbond substituents is 1. The molecule has 23 heteroatoms. The van der Waals surface area contributed by atoms with E-state index in [4.69, 9.17) is 5.26 Å². The molecule has 0 bridgehead atoms. The molecule has 4 aromatic carbocycles. The third kappa shape index (κ3) is 11.4. The highest BCUT2D eigenvalue weighted by atomic mass is 32.2. The molecule has 0 aliphatic carbocycles. The summed E-state index contributed by atoms with van der Waals surface area (Å²) in [5.41, 5.74) is 2.32. The summed E-state index contributed by atoms with van der Waals surface area (Å²) in [6, 6.07) is 22.5. The zero-order valence-electron chi connectivity index (χ0n) is 28.5. The number of halogens is 1. The van der Waals surface area contributed by atoms with E-state index >= 15 is 0 Å². The first kappa shape index (κ1) is 41.4. The Morgan fingerprint density at radius 2 is 1.68 bits per heavy atom. The van der Waals surface area contributed by atoms with Crippen LogP contribution in [0.25, 0.3) is 0 Å². The second-order valence-electron chi connectivity index (χ2n) is 10.8. The van der Waals surface area contributed by atoms with E-state index in [1.807, 2.05) is 0 Å². The fourth-order valence-corrected chi connectivity index (χ4v) is 6.25. The molecule has 0 saturated carbocycles. The normalized spacial score (nSPS) is 11.8. The highest BCUT2D eigenvalue weighted by molar-refractivity contribution is 7.99. The molecule has 0 radical (unpaired) electrons. The monoisotopic (exact) mass is 827 g/mol. The lowest BCUT2D eigenvalue weighted by Gasteiger charge is -2.23. The molecule has 5 rings (SSSR count). The number of thioether (sulfide) groups is 1. The van der Waals surface area contributed by atoms with E-state index in [9.17, 15) is 37.5 Å². The molecule has 0 spiro atoms. The average molecular weight is 828 g/mol. The highest BCUT2D eigenvalue weighted by Crippen LogP contribution is 2.39. The maximum atomic E-state index is 14.9. The maximum absolute atomic E-state index is 14.9. The molecule has 0 aliphatic rings. The summed E-state index contributed by atoms with van der Waals surface area (Å²) >= 11 is 2.01. The smallest absolute Gasteiger partial charge is 0.337 e. The molecule has 0 unspecified atom stereocenters. The van der Waals surface area contributed by atoms with Gasteiger partial charge in [0, 0.05) is 34.2 Å². The predicted molar refractivity (Wildman–Crippen MR) is 204 cm³/mol. The second kappa shape index (κ2) is 19.7. The highest BCUT2D eigenvalue weighted by Gasteiger charge is 2.21. The third-order valence-electron chi connectivity index (χ3n) is 7.16. The number of nitrogens with zero attached hydrogens (tertiary/aromatic N) is 7. The Morgan fingerprint density at radius 1 is 0.946 bits per heavy atom. The standard InChI is InChI=1S/C33H30FN9O10S3/c34-31-36-32(38-33(37-31)43(13-15-54-16-14-44)21-9-5-2-6-10-21)35-26-18-23(56(49,50)51)19-27(28(26)45)40-42-29(20-7-3-1-4-8-20)41-39-25-17-22(55-53-52-48)11-12-24(25)30(46)47/h1-12,17-19,39,44-45,48H,13-16H2,(H,46,47)(H,49,50,51)(H,35,36,37,38)/b41-29-,42-40?. The quantitative estimate of drug-likeness (QED) is 0.00591. The summed E-state index contributed by atoms with van der Waals surface area (Å²) in [7, 11) is -4.94. The summed E-state index contributed by atoms with van der Waals surface area (Å²) in [6.07, 6.45) is -1.22. The van der Waals surface area contributed by atoms with Gasteiger partial charge in [-0.15, -0.1) is 14.6 Å². The van der Waals surface area contributed by atoms with Crippen molar-refractivity contribution in [3.8, 4) is 5.75 Å². The number of aliphatic hydroxyl groups excluding tert-OH is 1. The number of rotatable bonds is 18. The van der Waals surface area contributed by atoms with Crippen molar-refractivity contribution in [1.82, 2.24) is 15.0 Å². The van der Waals surface area contributed by atoms with Gasteiger partial charge in [0.25, 0.3) is 10.1 Å². The zero-order chi connectivity index (χ0) is 40.1. The molecule has 0 atom stereocenters. The minimum Gasteiger partial charge on any atom is -0.504 e. The van der Waals surface area contributed by atoms with Crippen LogP contribution >= 0.6 is 23.8 Å². The number of azo groups is 1. The SMILES string of the molecule is O=C(O)c1ccc(SOOO)cc1N/N=C(\N=Nc1cc(S(=O)(=O)O)cc(Nc2nc(F)nc(N(CCSCCO)c3ccccc3)n2)c1O)c1ccccc1. The zero-order valence-corrected chi connectivity index (χ0v) is 30.9. The van der Waals surface area contributed by atoms with Crippen LogP contribution < -0.4 is 15.6 Å². The number of hydrogen-bond donors (Lipinski definition) is 7. The van der Waals surface area contributed by atoms with Crippen molar-refractivity contribution in [3.63, 3.8) is 0 Å². The van der Waals surface area contributed by atoms with Crippen molar-refractivity contribution in [1.29, 1.82) is 0 Å². The third-order valence-corrected chi connectivity index (χ3v) is 9.51. The van der Waals surface area contributed by atoms with Gasteiger partial charge in [-0.25, -0.2) is 10.1 Å². The van der Waals surface area contributed by atoms with Crippen molar-refractivity contribution in [2.24, 2.45) is 15.3 Å². The molecule has 19 nitrogen and oxygen atoms in total. The fourth-order valence-electron chi connectivity index (χ4n) is 4.68. The molecule has 5 aromatic rings. The average Bonchev–Trinajstić information content (AvgIpc) is 3.18. The Kier molecular flexibility index (Phi) is 14.5. The van der Waals surface area contributed by atoms with Crippen molar-refractivity contribution < 1.29 is 52.1 Å². The van der Waals surface area contributed by atoms with Crippen molar-refractivity contribution in [3.05, 3.63) is 108 Å². The van der Waals surface area contributed by atoms with Gasteiger partial charge >= 0.3 is 12.0 Å². The van der Waals surface area contributed by atoms with E-state index in [0.29, 0.717) is 46.2 Å². The number of aliphatic hydroxyl groups is 1. The maximum Gasteiger partial charge on any atom is 0.337 e. The number of carboxylic acid groups (broad SMARTS) is 1. The minimum absolute atomic E-state index is 0.0315. The van der Waals surface area contributed by atoms with E-state index in [2.05, 4.69) is 50.4 Å². The van der Waals surface area contributed by atoms with Crippen molar-refractivity contribution in [2.75, 3.05) is 40.3 Å². The van der Waals surface area contributed by atoms with Gasteiger partial charge in [0.05, 0.1) is 40.5 Å². The summed E-state index contributed by atoms with van der Waals surface area (Å²) in [5.74, 6) is -1.86. The Balaban J connectivity index is 1.53. The van der Waals surface area contributed by atoms with Gasteiger partial charge in [-0.05, 0) is 42.5 Å². The first-order valence-corrected chi connectivity index (χ1v) is 19.2. The van der Waals surface area contributed by atoms with Crippen LogP contribution in [0.5, 0.6) is 5.75 Å². The molecule has 0 aliphatic heterocycles. The number of anilines is 5. The Bertz CT molecular complexity index is 2310. The number of aromatic nitrogens is 3. The number of nitrogens with one attached hydrogen (secondary N) is 2. The van der Waals surface area contributed by atoms with Crippen LogP contribution in [0.15, 0.2) is 116 Å². The molecule has 56 heavy (non-hydrogen) atoms. The van der Waals surface area contributed by atoms with Gasteiger partial charge in [0.1, 0.15) is 5.69 Å². The van der Waals surface area contributed by atoms with Gasteiger partial charge in [0.15, 0.2) is 5.75 Å². The second-order valence-corrected chi connectivity index (χ2v) is 14.3. The number of amidine groups is 1. The van der Waals surface area contributed by atoms with Gasteiger partial charge in [-0.3, -0.25) is 9.98 Å². The molecule has 0 fully saturated rings. The Morgan fingerprint density at radius 3 is 2.36 bits per heavy atom. The lowest BCUT2D eigenvalue weighted by atomic mass is 10.2. The Hall–Kier alpha value is -5.79. The number of phenols is 1. The van der Waals surface area contributed by atoms with Crippen LogP contribution in [0.4, 0.5) is 39.0 Å². The first-order valence-electron chi connectivity index (χ1n) is 15.8. The molecule has 1 aromatic heterocycles. The lowest BCUT2D eigenvalue weighted by molar-refractivity contribution is -0.432. The van der Waals surface area contributed by atoms with Gasteiger partial charge < -0.3 is 25.5 Å². The van der Waals surface area contributed by atoms with Gasteiger partial charge in [0.2, 0.25) is 17.7 Å². The Labute approximate surface area is 325 Å². The fraction of sp³-hybridized carbons (Fsp3) is 0.121. The van der Waals surface area contributed by atoms with Crippen molar-refractivity contribution in [2.45, 2.75) is 9.79 Å². The molecular formula is C33H30FN9O10S3. The molecule has 1 heterocycles. The number of hydrogen-bond acceptors (Lipinski definition) is 18. The largest absolute Gasteiger partial charge is 0.504 e. The lowest BCUT2D eigenvalue weighted by Crippen LogP contribution is -2.24. The van der Waals surface area contributed by atoms with E-state index in [1.165, 1.54) is 30.0 Å². The van der Waals surface area contributed by atoms with Crippen LogP contribution in [-0.4, -0.2) is 85.0 Å². The summed E-state index contributed by atoms with van der Waals surface area (Å²) in [4.78, 5) is 24.8. The molecule has 0 amide bonds. The number of para-hydroxylation sites is 1. The van der Waals surface area contributed by atoms with E-state index in [0.717, 1.165) is 12.1 Å². The van der Waals surface area contributed by atoms with Gasteiger partial charge in [-0.1, -0.05) is 53.6 Å². The van der Waals surface area contributed by atoms with Gasteiger partial charge in [-0.2, -0.15) is 44.6 Å². The number of carbonyl (C=O) groups is 1. The minimum atomic E-state index is -4.94. The first-order chi connectivity index (χ1) is 27.0. The number of hydrazone groups is 1.